The van der Waals surface area contributed by atoms with E-state index in [0.717, 1.165) is 0 Å². The molecular weight excluding hydrogens is 300 g/mol. The van der Waals surface area contributed by atoms with Gasteiger partial charge in [-0.05, 0) is 31.2 Å². The van der Waals surface area contributed by atoms with Gasteiger partial charge in [-0.2, -0.15) is 0 Å². The number of hydrogen-bond acceptors (Lipinski definition) is 5. The highest BCUT2D eigenvalue weighted by molar-refractivity contribution is 7.92. The number of aromatic nitrogens is 2. The third kappa shape index (κ3) is 3.58. The van der Waals surface area contributed by atoms with Crippen LogP contribution in [0.15, 0.2) is 41.6 Å². The minimum atomic E-state index is -3.70. The average Bonchev–Trinajstić information content (AvgIpc) is 2.42. The summed E-state index contributed by atoms with van der Waals surface area (Å²) in [6.07, 6.45) is 2.51. The Morgan fingerprint density at radius 3 is 2.30 bits per heavy atom. The molecule has 1 heterocycles. The van der Waals surface area contributed by atoms with Gasteiger partial charge in [0, 0.05) is 17.3 Å². The van der Waals surface area contributed by atoms with Crippen molar-refractivity contribution in [3.8, 4) is 0 Å². The monoisotopic (exact) mass is 312 g/mol. The Hall–Kier alpha value is -1.86. The first kappa shape index (κ1) is 14.5. The smallest absolute Gasteiger partial charge is 0.264 e. The molecule has 1 aromatic heterocycles. The number of benzene rings is 1. The van der Waals surface area contributed by atoms with Crippen LogP contribution in [-0.2, 0) is 10.0 Å². The number of sulfonamides is 1. The Kier molecular flexibility index (Phi) is 4.41. The summed E-state index contributed by atoms with van der Waals surface area (Å²) in [5.74, 6) is 0.387. The van der Waals surface area contributed by atoms with E-state index < -0.39 is 10.0 Å². The molecule has 0 atom stereocenters. The molecule has 0 aliphatic rings. The van der Waals surface area contributed by atoms with Gasteiger partial charge in [-0.3, -0.25) is 4.72 Å². The van der Waals surface area contributed by atoms with Crippen molar-refractivity contribution in [1.82, 2.24) is 9.97 Å². The van der Waals surface area contributed by atoms with Gasteiger partial charge in [0.05, 0.1) is 12.4 Å². The van der Waals surface area contributed by atoms with Crippen LogP contribution in [-0.4, -0.2) is 24.9 Å². The van der Waals surface area contributed by atoms with Crippen molar-refractivity contribution >= 4 is 33.3 Å². The van der Waals surface area contributed by atoms with E-state index >= 15 is 0 Å². The van der Waals surface area contributed by atoms with E-state index in [4.69, 9.17) is 11.6 Å². The van der Waals surface area contributed by atoms with Crippen molar-refractivity contribution in [1.29, 1.82) is 0 Å². The maximum absolute atomic E-state index is 12.1. The van der Waals surface area contributed by atoms with Crippen molar-refractivity contribution in [3.63, 3.8) is 0 Å². The summed E-state index contributed by atoms with van der Waals surface area (Å²) in [7, 11) is -3.70. The zero-order chi connectivity index (χ0) is 14.6. The van der Waals surface area contributed by atoms with Crippen LogP contribution < -0.4 is 10.0 Å². The number of halogens is 1. The van der Waals surface area contributed by atoms with E-state index in [2.05, 4.69) is 20.0 Å². The Morgan fingerprint density at radius 1 is 1.15 bits per heavy atom. The quantitative estimate of drug-likeness (QED) is 0.885. The molecule has 0 bridgehead atoms. The highest BCUT2D eigenvalue weighted by Crippen LogP contribution is 2.17. The summed E-state index contributed by atoms with van der Waals surface area (Å²) in [6, 6.07) is 6.36. The van der Waals surface area contributed by atoms with Crippen LogP contribution in [0.5, 0.6) is 0 Å². The van der Waals surface area contributed by atoms with E-state index in [1.807, 2.05) is 6.92 Å². The Balaban J connectivity index is 2.19. The first-order valence-electron chi connectivity index (χ1n) is 5.85. The number of hydrogen-bond donors (Lipinski definition) is 2. The Bertz CT molecular complexity index is 672. The summed E-state index contributed by atoms with van der Waals surface area (Å²) >= 11 is 5.74. The predicted molar refractivity (Wildman–Crippen MR) is 78.5 cm³/mol. The molecule has 0 amide bonds. The third-order valence-electron chi connectivity index (χ3n) is 2.37. The lowest BCUT2D eigenvalue weighted by atomic mass is 10.3. The van der Waals surface area contributed by atoms with E-state index in [9.17, 15) is 8.42 Å². The standard InChI is InChI=1S/C12H13ClN4O2S/c1-2-14-12-15-7-11(8-16-12)20(18,19)17-10-5-3-9(13)4-6-10/h3-8,17H,2H2,1H3,(H,14,15,16). The number of nitrogens with zero attached hydrogens (tertiary/aromatic N) is 2. The van der Waals surface area contributed by atoms with E-state index in [0.29, 0.717) is 23.2 Å². The molecule has 2 aromatic rings. The predicted octanol–water partition coefficient (Wildman–Crippen LogP) is 2.36. The SMILES string of the molecule is CCNc1ncc(S(=O)(=O)Nc2ccc(Cl)cc2)cn1. The first-order valence-corrected chi connectivity index (χ1v) is 7.71. The fourth-order valence-corrected chi connectivity index (χ4v) is 2.51. The molecule has 0 fully saturated rings. The normalized spacial score (nSPS) is 11.1. The van der Waals surface area contributed by atoms with Gasteiger partial charge in [-0.1, -0.05) is 11.6 Å². The van der Waals surface area contributed by atoms with Gasteiger partial charge >= 0.3 is 0 Å². The molecule has 0 spiro atoms. The summed E-state index contributed by atoms with van der Waals surface area (Å²) in [6.45, 7) is 2.56. The maximum atomic E-state index is 12.1. The van der Waals surface area contributed by atoms with Crippen molar-refractivity contribution < 1.29 is 8.42 Å². The maximum Gasteiger partial charge on any atom is 0.264 e. The van der Waals surface area contributed by atoms with Crippen LogP contribution >= 0.6 is 11.6 Å². The zero-order valence-electron chi connectivity index (χ0n) is 10.7. The Labute approximate surface area is 122 Å². The molecule has 2 N–H and O–H groups in total. The van der Waals surface area contributed by atoms with Crippen LogP contribution in [0.3, 0.4) is 0 Å². The van der Waals surface area contributed by atoms with Gasteiger partial charge < -0.3 is 5.32 Å². The topological polar surface area (TPSA) is 84.0 Å². The molecule has 0 radical (unpaired) electrons. The zero-order valence-corrected chi connectivity index (χ0v) is 12.2. The lowest BCUT2D eigenvalue weighted by Crippen LogP contribution is -2.14. The summed E-state index contributed by atoms with van der Waals surface area (Å²) in [4.78, 5) is 7.85. The molecule has 6 nitrogen and oxygen atoms in total. The molecule has 106 valence electrons. The van der Waals surface area contributed by atoms with Gasteiger partial charge in [0.1, 0.15) is 4.90 Å². The van der Waals surface area contributed by atoms with Crippen molar-refractivity contribution in [3.05, 3.63) is 41.7 Å². The molecule has 2 rings (SSSR count). The highest BCUT2D eigenvalue weighted by Gasteiger charge is 2.15. The van der Waals surface area contributed by atoms with Crippen LogP contribution in [0, 0.1) is 0 Å². The van der Waals surface area contributed by atoms with Gasteiger partial charge in [0.25, 0.3) is 10.0 Å². The molecule has 0 saturated carbocycles. The minimum Gasteiger partial charge on any atom is -0.355 e. The van der Waals surface area contributed by atoms with E-state index in [1.165, 1.54) is 12.4 Å². The number of nitrogens with one attached hydrogen (secondary N) is 2. The fraction of sp³-hybridized carbons (Fsp3) is 0.167. The van der Waals surface area contributed by atoms with Crippen LogP contribution in [0.4, 0.5) is 11.6 Å². The van der Waals surface area contributed by atoms with Crippen LogP contribution in [0.2, 0.25) is 5.02 Å². The van der Waals surface area contributed by atoms with Crippen molar-refractivity contribution in [2.24, 2.45) is 0 Å². The second-order valence-electron chi connectivity index (χ2n) is 3.89. The van der Waals surface area contributed by atoms with E-state index in [-0.39, 0.29) is 4.90 Å². The average molecular weight is 313 g/mol. The second-order valence-corrected chi connectivity index (χ2v) is 6.00. The molecule has 0 saturated heterocycles. The molecule has 8 heteroatoms. The van der Waals surface area contributed by atoms with Crippen molar-refractivity contribution in [2.45, 2.75) is 11.8 Å². The Morgan fingerprint density at radius 2 is 1.75 bits per heavy atom. The van der Waals surface area contributed by atoms with Gasteiger partial charge in [-0.25, -0.2) is 18.4 Å². The third-order valence-corrected chi connectivity index (χ3v) is 3.96. The molecule has 0 aliphatic carbocycles. The molecule has 0 unspecified atom stereocenters. The first-order chi connectivity index (χ1) is 9.51. The lowest BCUT2D eigenvalue weighted by Gasteiger charge is -2.08. The molecule has 0 aliphatic heterocycles. The largest absolute Gasteiger partial charge is 0.355 e. The van der Waals surface area contributed by atoms with Crippen molar-refractivity contribution in [2.75, 3.05) is 16.6 Å². The molecular formula is C12H13ClN4O2S. The van der Waals surface area contributed by atoms with E-state index in [1.54, 1.807) is 24.3 Å². The van der Waals surface area contributed by atoms with Crippen LogP contribution in [0.1, 0.15) is 6.92 Å². The van der Waals surface area contributed by atoms with Crippen LogP contribution in [0.25, 0.3) is 0 Å². The summed E-state index contributed by atoms with van der Waals surface area (Å²) < 4.78 is 26.6. The van der Waals surface area contributed by atoms with Gasteiger partial charge in [-0.15, -0.1) is 0 Å². The molecule has 1 aromatic carbocycles. The highest BCUT2D eigenvalue weighted by atomic mass is 35.5. The summed E-state index contributed by atoms with van der Waals surface area (Å²) in [5, 5.41) is 3.42. The number of anilines is 2. The van der Waals surface area contributed by atoms with Gasteiger partial charge in [0.15, 0.2) is 0 Å². The summed E-state index contributed by atoms with van der Waals surface area (Å²) in [5.41, 5.74) is 0.421. The fourth-order valence-electron chi connectivity index (χ4n) is 1.44. The minimum absolute atomic E-state index is 0.00546. The number of rotatable bonds is 5. The van der Waals surface area contributed by atoms with Gasteiger partial charge in [0.2, 0.25) is 5.95 Å². The lowest BCUT2D eigenvalue weighted by molar-refractivity contribution is 0.600. The molecule has 20 heavy (non-hydrogen) atoms. The second kappa shape index (κ2) is 6.06.